The Balaban J connectivity index is 1.80. The molecule has 1 aliphatic rings. The lowest BCUT2D eigenvalue weighted by atomic mass is 10.1. The maximum atomic E-state index is 14.0. The lowest BCUT2D eigenvalue weighted by molar-refractivity contribution is 0.243. The summed E-state index contributed by atoms with van der Waals surface area (Å²) in [6.45, 7) is 1.03. The second-order valence-corrected chi connectivity index (χ2v) is 7.23. The van der Waals surface area contributed by atoms with Gasteiger partial charge in [-0.3, -0.25) is 4.98 Å². The fourth-order valence-electron chi connectivity index (χ4n) is 3.42. The van der Waals surface area contributed by atoms with Crippen LogP contribution in [0, 0.1) is 17.1 Å². The van der Waals surface area contributed by atoms with E-state index < -0.39 is 18.0 Å². The minimum Gasteiger partial charge on any atom is -0.340 e. The number of nitrogens with two attached hydrogens (primary N) is 1. The SMILES string of the molecule is N#Cc1ccc(Cn2c(N3CC[C@@H](F)[C@H](N)C3)nc3c(Cl)cc(F)cc32)nc1. The molecule has 0 saturated carbocycles. The van der Waals surface area contributed by atoms with Crippen LogP contribution in [0.3, 0.4) is 0 Å². The van der Waals surface area contributed by atoms with Crippen LogP contribution in [0.4, 0.5) is 14.7 Å². The number of imidazole rings is 1. The van der Waals surface area contributed by atoms with Gasteiger partial charge in [-0.25, -0.2) is 13.8 Å². The number of anilines is 1. The van der Waals surface area contributed by atoms with E-state index in [-0.39, 0.29) is 5.02 Å². The number of hydrogen-bond donors (Lipinski definition) is 1. The summed E-state index contributed by atoms with van der Waals surface area (Å²) in [7, 11) is 0. The Morgan fingerprint density at radius 2 is 2.18 bits per heavy atom. The van der Waals surface area contributed by atoms with Crippen molar-refractivity contribution in [1.82, 2.24) is 14.5 Å². The number of halogens is 3. The van der Waals surface area contributed by atoms with Gasteiger partial charge in [0.25, 0.3) is 0 Å². The van der Waals surface area contributed by atoms with Crippen LogP contribution < -0.4 is 10.6 Å². The molecule has 0 aliphatic carbocycles. The third-order valence-corrected chi connectivity index (χ3v) is 5.17. The standard InChI is InChI=1S/C19H17ClF2N6/c20-14-5-12(21)6-17-18(14)26-19(27-4-3-15(22)16(24)10-27)28(17)9-13-2-1-11(7-23)8-25-13/h1-2,5-6,8,15-16H,3-4,9-10,24H2/t15-,16-/m1/s1. The van der Waals surface area contributed by atoms with Gasteiger partial charge >= 0.3 is 0 Å². The summed E-state index contributed by atoms with van der Waals surface area (Å²) in [4.78, 5) is 10.8. The molecule has 3 heterocycles. The Bertz CT molecular complexity index is 1060. The number of nitriles is 1. The van der Waals surface area contributed by atoms with E-state index in [2.05, 4.69) is 9.97 Å². The molecule has 0 radical (unpaired) electrons. The van der Waals surface area contributed by atoms with Crippen LogP contribution >= 0.6 is 11.6 Å². The fraction of sp³-hybridized carbons (Fsp3) is 0.316. The van der Waals surface area contributed by atoms with E-state index >= 15 is 0 Å². The van der Waals surface area contributed by atoms with E-state index in [1.165, 1.54) is 18.3 Å². The highest BCUT2D eigenvalue weighted by Crippen LogP contribution is 2.31. The highest BCUT2D eigenvalue weighted by atomic mass is 35.5. The number of nitrogens with zero attached hydrogens (tertiary/aromatic N) is 5. The van der Waals surface area contributed by atoms with E-state index in [1.54, 1.807) is 16.7 Å². The van der Waals surface area contributed by atoms with Crippen LogP contribution in [0.15, 0.2) is 30.5 Å². The molecule has 3 aromatic rings. The van der Waals surface area contributed by atoms with Crippen LogP contribution in [0.1, 0.15) is 17.7 Å². The molecule has 2 N–H and O–H groups in total. The number of piperidine rings is 1. The zero-order chi connectivity index (χ0) is 19.8. The summed E-state index contributed by atoms with van der Waals surface area (Å²) in [6.07, 6.45) is 0.712. The van der Waals surface area contributed by atoms with E-state index in [0.717, 1.165) is 0 Å². The molecule has 0 amide bonds. The Morgan fingerprint density at radius 3 is 2.86 bits per heavy atom. The third kappa shape index (κ3) is 3.39. The molecule has 2 aromatic heterocycles. The second-order valence-electron chi connectivity index (χ2n) is 6.82. The number of rotatable bonds is 3. The van der Waals surface area contributed by atoms with Crippen molar-refractivity contribution in [2.24, 2.45) is 5.73 Å². The first kappa shape index (κ1) is 18.6. The third-order valence-electron chi connectivity index (χ3n) is 4.88. The normalized spacial score (nSPS) is 19.8. The molecule has 1 aliphatic heterocycles. The van der Waals surface area contributed by atoms with Crippen LogP contribution in [0.5, 0.6) is 0 Å². The predicted octanol–water partition coefficient (Wildman–Crippen LogP) is 3.02. The molecule has 6 nitrogen and oxygen atoms in total. The van der Waals surface area contributed by atoms with Crippen LogP contribution in [-0.4, -0.2) is 39.8 Å². The second kappa shape index (κ2) is 7.34. The summed E-state index contributed by atoms with van der Waals surface area (Å²) in [6, 6.07) is 7.37. The number of benzene rings is 1. The van der Waals surface area contributed by atoms with Crippen molar-refractivity contribution in [3.05, 3.63) is 52.6 Å². The molecule has 9 heteroatoms. The van der Waals surface area contributed by atoms with Gasteiger partial charge in [-0.2, -0.15) is 5.26 Å². The molecule has 1 aromatic carbocycles. The molecule has 4 rings (SSSR count). The smallest absolute Gasteiger partial charge is 0.207 e. The van der Waals surface area contributed by atoms with E-state index in [4.69, 9.17) is 22.6 Å². The molecule has 1 saturated heterocycles. The Hall–Kier alpha value is -2.76. The van der Waals surface area contributed by atoms with Crippen molar-refractivity contribution in [2.45, 2.75) is 25.2 Å². The molecular formula is C19H17ClF2N6. The van der Waals surface area contributed by atoms with Gasteiger partial charge in [0.05, 0.1) is 34.4 Å². The first-order valence-electron chi connectivity index (χ1n) is 8.81. The molecule has 28 heavy (non-hydrogen) atoms. The average molecular weight is 403 g/mol. The minimum absolute atomic E-state index is 0.201. The topological polar surface area (TPSA) is 83.8 Å². The monoisotopic (exact) mass is 402 g/mol. The maximum absolute atomic E-state index is 14.0. The molecule has 2 atom stereocenters. The lowest BCUT2D eigenvalue weighted by Gasteiger charge is -2.34. The molecule has 0 unspecified atom stereocenters. The van der Waals surface area contributed by atoms with Gasteiger partial charge < -0.3 is 15.2 Å². The van der Waals surface area contributed by atoms with Crippen LogP contribution in [-0.2, 0) is 6.54 Å². The van der Waals surface area contributed by atoms with Crippen molar-refractivity contribution in [3.63, 3.8) is 0 Å². The highest BCUT2D eigenvalue weighted by Gasteiger charge is 2.29. The first-order chi connectivity index (χ1) is 13.5. The fourth-order valence-corrected chi connectivity index (χ4v) is 3.66. The number of pyridine rings is 1. The van der Waals surface area contributed by atoms with Crippen molar-refractivity contribution in [1.29, 1.82) is 5.26 Å². The van der Waals surface area contributed by atoms with Crippen molar-refractivity contribution in [2.75, 3.05) is 18.0 Å². The van der Waals surface area contributed by atoms with Crippen molar-refractivity contribution in [3.8, 4) is 6.07 Å². The van der Waals surface area contributed by atoms with Crippen LogP contribution in [0.25, 0.3) is 11.0 Å². The summed E-state index contributed by atoms with van der Waals surface area (Å²) in [5.41, 5.74) is 8.00. The molecule has 144 valence electrons. The van der Waals surface area contributed by atoms with Gasteiger partial charge in [0.1, 0.15) is 23.6 Å². The summed E-state index contributed by atoms with van der Waals surface area (Å²) < 4.78 is 29.6. The quantitative estimate of drug-likeness (QED) is 0.728. The summed E-state index contributed by atoms with van der Waals surface area (Å²) in [5, 5.41) is 9.14. The zero-order valence-corrected chi connectivity index (χ0v) is 15.6. The van der Waals surface area contributed by atoms with E-state index in [0.29, 0.717) is 54.3 Å². The Kier molecular flexibility index (Phi) is 4.87. The molecule has 0 bridgehead atoms. The lowest BCUT2D eigenvalue weighted by Crippen LogP contribution is -2.50. The van der Waals surface area contributed by atoms with Crippen LogP contribution in [0.2, 0.25) is 5.02 Å². The average Bonchev–Trinajstić information content (AvgIpc) is 3.03. The van der Waals surface area contributed by atoms with E-state index in [1.807, 2.05) is 11.0 Å². The van der Waals surface area contributed by atoms with Gasteiger partial charge in [-0.15, -0.1) is 0 Å². The Morgan fingerprint density at radius 1 is 1.36 bits per heavy atom. The van der Waals surface area contributed by atoms with Gasteiger partial charge in [-0.1, -0.05) is 11.6 Å². The van der Waals surface area contributed by atoms with Crippen molar-refractivity contribution >= 4 is 28.6 Å². The molecular weight excluding hydrogens is 386 g/mol. The van der Waals surface area contributed by atoms with Gasteiger partial charge in [-0.05, 0) is 30.7 Å². The number of hydrogen-bond acceptors (Lipinski definition) is 5. The first-order valence-corrected chi connectivity index (χ1v) is 9.19. The van der Waals surface area contributed by atoms with Crippen molar-refractivity contribution < 1.29 is 8.78 Å². The minimum atomic E-state index is -1.06. The largest absolute Gasteiger partial charge is 0.340 e. The predicted molar refractivity (Wildman–Crippen MR) is 102 cm³/mol. The van der Waals surface area contributed by atoms with Gasteiger partial charge in [0.15, 0.2) is 0 Å². The van der Waals surface area contributed by atoms with E-state index in [9.17, 15) is 8.78 Å². The molecule has 1 fully saturated rings. The number of alkyl halides is 1. The number of fused-ring (bicyclic) bond motifs is 1. The number of aromatic nitrogens is 3. The van der Waals surface area contributed by atoms with Gasteiger partial charge in [0, 0.05) is 19.3 Å². The zero-order valence-electron chi connectivity index (χ0n) is 14.8. The Labute approximate surface area is 165 Å². The highest BCUT2D eigenvalue weighted by molar-refractivity contribution is 6.35. The summed E-state index contributed by atoms with van der Waals surface area (Å²) >= 11 is 6.21. The van der Waals surface area contributed by atoms with Gasteiger partial charge in [0.2, 0.25) is 5.95 Å². The maximum Gasteiger partial charge on any atom is 0.207 e. The molecule has 0 spiro atoms. The summed E-state index contributed by atoms with van der Waals surface area (Å²) in [5.74, 6) is 0.0631.